The van der Waals surface area contributed by atoms with Gasteiger partial charge in [-0.3, -0.25) is 4.79 Å². The Kier molecular flexibility index (Phi) is 5.07. The molecule has 29 heavy (non-hydrogen) atoms. The molecule has 0 N–H and O–H groups in total. The molecular formula is C22H29N3O3S. The van der Waals surface area contributed by atoms with Crippen LogP contribution in [0.25, 0.3) is 0 Å². The quantitative estimate of drug-likeness (QED) is 0.773. The fourth-order valence-corrected chi connectivity index (χ4v) is 6.88. The van der Waals surface area contributed by atoms with Crippen LogP contribution in [0.4, 0.5) is 5.69 Å². The zero-order chi connectivity index (χ0) is 20.9. The van der Waals surface area contributed by atoms with Gasteiger partial charge in [0, 0.05) is 43.6 Å². The van der Waals surface area contributed by atoms with Gasteiger partial charge in [0.15, 0.2) is 0 Å². The van der Waals surface area contributed by atoms with Gasteiger partial charge in [-0.2, -0.15) is 4.31 Å². The lowest BCUT2D eigenvalue weighted by molar-refractivity contribution is 0.0980. The maximum absolute atomic E-state index is 13.5. The number of hydrogen-bond acceptors (Lipinski definition) is 3. The smallest absolute Gasteiger partial charge is 0.275 e. The van der Waals surface area contributed by atoms with E-state index in [0.717, 1.165) is 30.5 Å². The second-order valence-corrected chi connectivity index (χ2v) is 10.3. The van der Waals surface area contributed by atoms with Crippen molar-refractivity contribution in [2.45, 2.75) is 44.9 Å². The van der Waals surface area contributed by atoms with E-state index in [1.165, 1.54) is 0 Å². The SMILES string of the molecule is Cc1c(S(=O)(=O)N2CCC[C@H](C)C2)c(C)n(C)c1C(=O)N1CCc2ccccc21. The maximum Gasteiger partial charge on any atom is 0.275 e. The summed E-state index contributed by atoms with van der Waals surface area (Å²) in [6.07, 6.45) is 2.75. The molecule has 0 spiro atoms. The van der Waals surface area contributed by atoms with Crippen molar-refractivity contribution in [2.75, 3.05) is 24.5 Å². The third kappa shape index (κ3) is 3.20. The molecule has 1 amide bonds. The zero-order valence-electron chi connectivity index (χ0n) is 17.6. The van der Waals surface area contributed by atoms with Gasteiger partial charge < -0.3 is 9.47 Å². The number of carbonyl (C=O) groups is 1. The first-order valence-corrected chi connectivity index (χ1v) is 11.7. The Hall–Kier alpha value is -2.12. The zero-order valence-corrected chi connectivity index (χ0v) is 18.4. The number of para-hydroxylation sites is 1. The summed E-state index contributed by atoms with van der Waals surface area (Å²) in [5.41, 5.74) is 3.71. The summed E-state index contributed by atoms with van der Waals surface area (Å²) >= 11 is 0. The minimum atomic E-state index is -3.63. The van der Waals surface area contributed by atoms with Crippen molar-refractivity contribution >= 4 is 21.6 Å². The normalized spacial score (nSPS) is 20.1. The molecule has 0 bridgehead atoms. The van der Waals surface area contributed by atoms with Crippen LogP contribution < -0.4 is 4.90 Å². The molecule has 1 saturated heterocycles. The number of hydrogen-bond donors (Lipinski definition) is 0. The summed E-state index contributed by atoms with van der Waals surface area (Å²) in [5, 5.41) is 0. The Morgan fingerprint density at radius 3 is 2.59 bits per heavy atom. The summed E-state index contributed by atoms with van der Waals surface area (Å²) in [5.74, 6) is 0.219. The summed E-state index contributed by atoms with van der Waals surface area (Å²) in [7, 11) is -1.85. The van der Waals surface area contributed by atoms with E-state index in [1.807, 2.05) is 24.3 Å². The topological polar surface area (TPSA) is 62.6 Å². The van der Waals surface area contributed by atoms with Crippen molar-refractivity contribution in [1.29, 1.82) is 0 Å². The number of amides is 1. The number of fused-ring (bicyclic) bond motifs is 1. The number of aromatic nitrogens is 1. The van der Waals surface area contributed by atoms with E-state index >= 15 is 0 Å². The Balaban J connectivity index is 1.75. The van der Waals surface area contributed by atoms with Crippen LogP contribution in [0.5, 0.6) is 0 Å². The molecule has 156 valence electrons. The number of benzene rings is 1. The standard InChI is InChI=1S/C22H29N3O3S/c1-15-8-7-12-24(14-15)29(27,28)21-16(2)20(23(4)17(21)3)22(26)25-13-11-18-9-5-6-10-19(18)25/h5-6,9-10,15H,7-8,11-14H2,1-4H3/t15-/m0/s1. The van der Waals surface area contributed by atoms with Crippen LogP contribution in [0.1, 0.15) is 47.1 Å². The molecule has 2 aliphatic heterocycles. The highest BCUT2D eigenvalue weighted by molar-refractivity contribution is 7.89. The van der Waals surface area contributed by atoms with Crippen molar-refractivity contribution in [1.82, 2.24) is 8.87 Å². The van der Waals surface area contributed by atoms with Crippen LogP contribution in [0.3, 0.4) is 0 Å². The molecular weight excluding hydrogens is 386 g/mol. The average Bonchev–Trinajstić information content (AvgIpc) is 3.21. The molecule has 1 atom stereocenters. The molecule has 0 radical (unpaired) electrons. The highest BCUT2D eigenvalue weighted by Gasteiger charge is 2.37. The van der Waals surface area contributed by atoms with E-state index in [1.54, 1.807) is 34.7 Å². The molecule has 2 aliphatic rings. The summed E-state index contributed by atoms with van der Waals surface area (Å²) in [6, 6.07) is 7.91. The van der Waals surface area contributed by atoms with Gasteiger partial charge in [0.2, 0.25) is 10.0 Å². The minimum Gasteiger partial charge on any atom is -0.342 e. The van der Waals surface area contributed by atoms with Crippen LogP contribution in [-0.4, -0.2) is 42.8 Å². The molecule has 2 aromatic rings. The van der Waals surface area contributed by atoms with Crippen molar-refractivity contribution in [2.24, 2.45) is 13.0 Å². The first-order chi connectivity index (χ1) is 13.7. The molecule has 1 aromatic heterocycles. The minimum absolute atomic E-state index is 0.133. The highest BCUT2D eigenvalue weighted by Crippen LogP contribution is 2.34. The number of rotatable bonds is 3. The van der Waals surface area contributed by atoms with Gasteiger partial charge in [0.05, 0.1) is 0 Å². The summed E-state index contributed by atoms with van der Waals surface area (Å²) < 4.78 is 30.3. The number of carbonyl (C=O) groups excluding carboxylic acids is 1. The molecule has 0 saturated carbocycles. The maximum atomic E-state index is 13.5. The van der Waals surface area contributed by atoms with Crippen LogP contribution in [-0.2, 0) is 23.5 Å². The average molecular weight is 416 g/mol. The third-order valence-electron chi connectivity index (χ3n) is 6.42. The van der Waals surface area contributed by atoms with E-state index in [2.05, 4.69) is 6.92 Å². The number of piperidine rings is 1. The second kappa shape index (κ2) is 7.29. The van der Waals surface area contributed by atoms with E-state index in [4.69, 9.17) is 0 Å². The number of anilines is 1. The molecule has 4 rings (SSSR count). The lowest BCUT2D eigenvalue weighted by Gasteiger charge is -2.30. The van der Waals surface area contributed by atoms with Crippen molar-refractivity contribution in [3.05, 3.63) is 46.8 Å². The van der Waals surface area contributed by atoms with Crippen LogP contribution in [0, 0.1) is 19.8 Å². The van der Waals surface area contributed by atoms with Gasteiger partial charge in [-0.25, -0.2) is 8.42 Å². The van der Waals surface area contributed by atoms with Gasteiger partial charge in [-0.1, -0.05) is 25.1 Å². The molecule has 0 aliphatic carbocycles. The Bertz CT molecular complexity index is 1070. The van der Waals surface area contributed by atoms with Gasteiger partial charge >= 0.3 is 0 Å². The molecule has 6 nitrogen and oxygen atoms in total. The predicted molar refractivity (Wildman–Crippen MR) is 114 cm³/mol. The highest BCUT2D eigenvalue weighted by atomic mass is 32.2. The first-order valence-electron chi connectivity index (χ1n) is 10.3. The van der Waals surface area contributed by atoms with Gasteiger partial charge in [-0.15, -0.1) is 0 Å². The second-order valence-electron chi connectivity index (χ2n) is 8.39. The lowest BCUT2D eigenvalue weighted by Crippen LogP contribution is -2.39. The Morgan fingerprint density at radius 2 is 1.86 bits per heavy atom. The fraction of sp³-hybridized carbons (Fsp3) is 0.500. The lowest BCUT2D eigenvalue weighted by atomic mass is 10.0. The predicted octanol–water partition coefficient (Wildman–Crippen LogP) is 3.27. The molecule has 1 fully saturated rings. The Morgan fingerprint density at radius 1 is 1.14 bits per heavy atom. The van der Waals surface area contributed by atoms with Crippen molar-refractivity contribution in [3.63, 3.8) is 0 Å². The summed E-state index contributed by atoms with van der Waals surface area (Å²) in [6.45, 7) is 7.35. The summed E-state index contributed by atoms with van der Waals surface area (Å²) in [4.78, 5) is 15.5. The van der Waals surface area contributed by atoms with Gasteiger partial charge in [0.25, 0.3) is 5.91 Å². The fourth-order valence-electron chi connectivity index (χ4n) is 4.81. The molecule has 0 unspecified atom stereocenters. The number of sulfonamides is 1. The van der Waals surface area contributed by atoms with E-state index in [9.17, 15) is 13.2 Å². The van der Waals surface area contributed by atoms with Gasteiger partial charge in [-0.05, 0) is 50.7 Å². The number of nitrogens with zero attached hydrogens (tertiary/aromatic N) is 3. The van der Waals surface area contributed by atoms with Crippen LogP contribution in [0.2, 0.25) is 0 Å². The van der Waals surface area contributed by atoms with E-state index in [0.29, 0.717) is 47.4 Å². The van der Waals surface area contributed by atoms with Crippen LogP contribution in [0.15, 0.2) is 29.2 Å². The first kappa shape index (κ1) is 20.2. The Labute approximate surface area is 173 Å². The van der Waals surface area contributed by atoms with E-state index < -0.39 is 10.0 Å². The third-order valence-corrected chi connectivity index (χ3v) is 8.54. The van der Waals surface area contributed by atoms with Gasteiger partial charge in [0.1, 0.15) is 10.6 Å². The van der Waals surface area contributed by atoms with Crippen molar-refractivity contribution in [3.8, 4) is 0 Å². The van der Waals surface area contributed by atoms with Crippen molar-refractivity contribution < 1.29 is 13.2 Å². The van der Waals surface area contributed by atoms with E-state index in [-0.39, 0.29) is 5.91 Å². The molecule has 7 heteroatoms. The largest absolute Gasteiger partial charge is 0.342 e. The monoisotopic (exact) mass is 415 g/mol. The molecule has 3 heterocycles. The molecule has 1 aromatic carbocycles. The van der Waals surface area contributed by atoms with Crippen LogP contribution >= 0.6 is 0 Å².